The number of rotatable bonds is 2. The minimum absolute atomic E-state index is 0.00257. The lowest BCUT2D eigenvalue weighted by molar-refractivity contribution is -0.605. The van der Waals surface area contributed by atoms with Crippen LogP contribution in [0.3, 0.4) is 0 Å². The molecule has 3 rings (SSSR count). The van der Waals surface area contributed by atoms with Crippen LogP contribution < -0.4 is 9.47 Å². The fourth-order valence-electron chi connectivity index (χ4n) is 2.50. The van der Waals surface area contributed by atoms with Gasteiger partial charge in [-0.15, -0.1) is 0 Å². The molecule has 112 valence electrons. The van der Waals surface area contributed by atoms with E-state index in [1.54, 1.807) is 18.2 Å². The zero-order valence-electron chi connectivity index (χ0n) is 12.1. The van der Waals surface area contributed by atoms with E-state index in [1.807, 2.05) is 19.9 Å². The first-order chi connectivity index (χ1) is 10.4. The second-order valence-electron chi connectivity index (χ2n) is 5.65. The highest BCUT2D eigenvalue weighted by atomic mass is 16.6. The smallest absolute Gasteiger partial charge is 0.270 e. The van der Waals surface area contributed by atoms with Gasteiger partial charge in [0.1, 0.15) is 11.4 Å². The summed E-state index contributed by atoms with van der Waals surface area (Å²) in [4.78, 5) is 10.6. The summed E-state index contributed by atoms with van der Waals surface area (Å²) in [5.74, 6) is 0.590. The lowest BCUT2D eigenvalue weighted by Crippen LogP contribution is -2.29. The monoisotopic (exact) mass is 298 g/mol. The van der Waals surface area contributed by atoms with E-state index in [0.717, 1.165) is 11.1 Å². The molecule has 2 heterocycles. The standard InChI is InChI=1S/C16H14N2O4/c1-16(2)10-14(11-5-7-17(19)8-6-11)13-9-12(18(20)21)3-4-15(13)22-16/h3-10H,1-2H3. The van der Waals surface area contributed by atoms with Crippen LogP contribution in [0.4, 0.5) is 5.69 Å². The van der Waals surface area contributed by atoms with Crippen LogP contribution in [-0.2, 0) is 0 Å². The number of hydrogen-bond acceptors (Lipinski definition) is 4. The van der Waals surface area contributed by atoms with Crippen LogP contribution in [0.15, 0.2) is 48.8 Å². The zero-order chi connectivity index (χ0) is 15.9. The Hall–Kier alpha value is -2.89. The molecule has 0 unspecified atom stereocenters. The minimum Gasteiger partial charge on any atom is -0.619 e. The number of pyridine rings is 1. The summed E-state index contributed by atoms with van der Waals surface area (Å²) in [7, 11) is 0. The third-order valence-electron chi connectivity index (χ3n) is 3.44. The summed E-state index contributed by atoms with van der Waals surface area (Å²) in [5.41, 5.74) is 1.74. The number of non-ortho nitro benzene ring substituents is 1. The number of hydrogen-bond donors (Lipinski definition) is 0. The molecule has 6 nitrogen and oxygen atoms in total. The molecule has 0 bridgehead atoms. The molecular weight excluding hydrogens is 284 g/mol. The van der Waals surface area contributed by atoms with Gasteiger partial charge in [-0.1, -0.05) is 0 Å². The van der Waals surface area contributed by atoms with Gasteiger partial charge >= 0.3 is 0 Å². The molecule has 0 radical (unpaired) electrons. The third kappa shape index (κ3) is 2.50. The SMILES string of the molecule is CC1(C)C=C(c2cc[n+]([O-])cc2)c2cc([N+](=O)[O-])ccc2O1. The molecule has 1 aromatic carbocycles. The Morgan fingerprint density at radius 2 is 1.86 bits per heavy atom. The third-order valence-corrected chi connectivity index (χ3v) is 3.44. The lowest BCUT2D eigenvalue weighted by atomic mass is 9.90. The Kier molecular flexibility index (Phi) is 3.09. The van der Waals surface area contributed by atoms with Gasteiger partial charge in [-0.05, 0) is 37.1 Å². The predicted molar refractivity (Wildman–Crippen MR) is 80.3 cm³/mol. The maximum Gasteiger partial charge on any atom is 0.270 e. The molecule has 0 fully saturated rings. The second-order valence-corrected chi connectivity index (χ2v) is 5.65. The number of nitro benzene ring substituents is 1. The highest BCUT2D eigenvalue weighted by Gasteiger charge is 2.28. The van der Waals surface area contributed by atoms with E-state index in [4.69, 9.17) is 4.74 Å². The fourth-order valence-corrected chi connectivity index (χ4v) is 2.50. The van der Waals surface area contributed by atoms with Crippen molar-refractivity contribution in [3.05, 3.63) is 75.3 Å². The maximum absolute atomic E-state index is 11.2. The molecular formula is C16H14N2O4. The number of nitrogens with zero attached hydrogens (tertiary/aromatic N) is 2. The van der Waals surface area contributed by atoms with Crippen LogP contribution in [0, 0.1) is 15.3 Å². The first-order valence-electron chi connectivity index (χ1n) is 6.76. The number of benzene rings is 1. The number of fused-ring (bicyclic) bond motifs is 1. The molecule has 0 saturated heterocycles. The van der Waals surface area contributed by atoms with Gasteiger partial charge in [-0.25, -0.2) is 0 Å². The van der Waals surface area contributed by atoms with E-state index < -0.39 is 10.5 Å². The van der Waals surface area contributed by atoms with Crippen LogP contribution in [0.1, 0.15) is 25.0 Å². The van der Waals surface area contributed by atoms with Crippen molar-refractivity contribution in [2.24, 2.45) is 0 Å². The Morgan fingerprint density at radius 1 is 1.18 bits per heavy atom. The molecule has 1 aliphatic rings. The van der Waals surface area contributed by atoms with Gasteiger partial charge in [0, 0.05) is 29.8 Å². The molecule has 0 N–H and O–H groups in total. The van der Waals surface area contributed by atoms with E-state index in [1.165, 1.54) is 24.5 Å². The van der Waals surface area contributed by atoms with Crippen molar-refractivity contribution < 1.29 is 14.4 Å². The van der Waals surface area contributed by atoms with Gasteiger partial charge < -0.3 is 9.94 Å². The summed E-state index contributed by atoms with van der Waals surface area (Å²) in [6.07, 6.45) is 4.70. The van der Waals surface area contributed by atoms with Crippen molar-refractivity contribution in [3.63, 3.8) is 0 Å². The molecule has 0 amide bonds. The van der Waals surface area contributed by atoms with E-state index >= 15 is 0 Å². The van der Waals surface area contributed by atoms with E-state index in [0.29, 0.717) is 16.0 Å². The average Bonchev–Trinajstić information content (AvgIpc) is 2.45. The molecule has 0 saturated carbocycles. The second kappa shape index (κ2) is 4.84. The van der Waals surface area contributed by atoms with Crippen molar-refractivity contribution >= 4 is 11.3 Å². The summed E-state index contributed by atoms with van der Waals surface area (Å²) in [5, 5.41) is 22.2. The van der Waals surface area contributed by atoms with E-state index in [9.17, 15) is 15.3 Å². The highest BCUT2D eigenvalue weighted by molar-refractivity contribution is 5.85. The number of nitro groups is 1. The van der Waals surface area contributed by atoms with Crippen molar-refractivity contribution in [1.29, 1.82) is 0 Å². The summed E-state index contributed by atoms with van der Waals surface area (Å²) in [6.45, 7) is 3.82. The fraction of sp³-hybridized carbons (Fsp3) is 0.188. The van der Waals surface area contributed by atoms with Crippen LogP contribution >= 0.6 is 0 Å². The normalized spacial score (nSPS) is 15.5. The van der Waals surface area contributed by atoms with E-state index in [-0.39, 0.29) is 5.69 Å². The largest absolute Gasteiger partial charge is 0.619 e. The number of aromatic nitrogens is 1. The summed E-state index contributed by atoms with van der Waals surface area (Å²) < 4.78 is 6.56. The van der Waals surface area contributed by atoms with Crippen molar-refractivity contribution in [2.75, 3.05) is 0 Å². The van der Waals surface area contributed by atoms with Gasteiger partial charge in [0.05, 0.1) is 4.92 Å². The van der Waals surface area contributed by atoms with Crippen LogP contribution in [0.5, 0.6) is 5.75 Å². The van der Waals surface area contributed by atoms with Gasteiger partial charge in [-0.3, -0.25) is 10.1 Å². The summed E-state index contributed by atoms with van der Waals surface area (Å²) in [6, 6.07) is 7.90. The molecule has 0 spiro atoms. The lowest BCUT2D eigenvalue weighted by Gasteiger charge is -2.31. The molecule has 0 atom stereocenters. The van der Waals surface area contributed by atoms with Crippen LogP contribution in [0.25, 0.3) is 5.57 Å². The Labute approximate surface area is 127 Å². The summed E-state index contributed by atoms with van der Waals surface area (Å²) >= 11 is 0. The highest BCUT2D eigenvalue weighted by Crippen LogP contribution is 2.40. The molecule has 0 aliphatic carbocycles. The maximum atomic E-state index is 11.2. The Morgan fingerprint density at radius 3 is 2.50 bits per heavy atom. The van der Waals surface area contributed by atoms with Crippen molar-refractivity contribution in [1.82, 2.24) is 0 Å². The molecule has 2 aromatic rings. The predicted octanol–water partition coefficient (Wildman–Crippen LogP) is 2.83. The minimum atomic E-state index is -0.540. The molecule has 1 aliphatic heterocycles. The van der Waals surface area contributed by atoms with Gasteiger partial charge in [0.15, 0.2) is 12.4 Å². The average molecular weight is 298 g/mol. The van der Waals surface area contributed by atoms with Crippen LogP contribution in [-0.4, -0.2) is 10.5 Å². The van der Waals surface area contributed by atoms with Crippen LogP contribution in [0.2, 0.25) is 0 Å². The first-order valence-corrected chi connectivity index (χ1v) is 6.76. The van der Waals surface area contributed by atoms with Gasteiger partial charge in [-0.2, -0.15) is 4.73 Å². The molecule has 1 aromatic heterocycles. The van der Waals surface area contributed by atoms with Gasteiger partial charge in [0.2, 0.25) is 0 Å². The number of ether oxygens (including phenoxy) is 1. The first kappa shape index (κ1) is 14.1. The topological polar surface area (TPSA) is 79.3 Å². The molecule has 6 heteroatoms. The Bertz CT molecular complexity index is 779. The Balaban J connectivity index is 2.19. The van der Waals surface area contributed by atoms with Gasteiger partial charge in [0.25, 0.3) is 5.69 Å². The molecule has 22 heavy (non-hydrogen) atoms. The van der Waals surface area contributed by atoms with E-state index in [2.05, 4.69) is 0 Å². The zero-order valence-corrected chi connectivity index (χ0v) is 12.1. The quantitative estimate of drug-likeness (QED) is 0.369. The van der Waals surface area contributed by atoms with Crippen molar-refractivity contribution in [2.45, 2.75) is 19.4 Å². The van der Waals surface area contributed by atoms with Crippen molar-refractivity contribution in [3.8, 4) is 5.75 Å².